The van der Waals surface area contributed by atoms with Gasteiger partial charge in [-0.15, -0.1) is 9.42 Å². The Morgan fingerprint density at radius 3 is 2.63 bits per heavy atom. The Kier molecular flexibility index (Phi) is 5.30. The van der Waals surface area contributed by atoms with Crippen molar-refractivity contribution in [1.82, 2.24) is 9.78 Å². The van der Waals surface area contributed by atoms with Gasteiger partial charge in [0.05, 0.1) is 6.04 Å². The van der Waals surface area contributed by atoms with Crippen LogP contribution in [0.4, 0.5) is 4.39 Å². The topological polar surface area (TPSA) is 64.3 Å². The van der Waals surface area contributed by atoms with Crippen molar-refractivity contribution < 1.29 is 18.4 Å². The Morgan fingerprint density at radius 2 is 1.93 bits per heavy atom. The molecule has 4 rings (SSSR count). The van der Waals surface area contributed by atoms with Crippen LogP contribution in [0.2, 0.25) is 0 Å². The Labute approximate surface area is 157 Å². The first kappa shape index (κ1) is 18.2. The quantitative estimate of drug-likeness (QED) is 0.593. The van der Waals surface area contributed by atoms with Crippen LogP contribution in [0, 0.1) is 5.82 Å². The van der Waals surface area contributed by atoms with Crippen LogP contribution < -0.4 is 0 Å². The number of benzene rings is 2. The minimum atomic E-state index is -2.56. The van der Waals surface area contributed by atoms with Gasteiger partial charge in [0, 0.05) is 21.9 Å². The van der Waals surface area contributed by atoms with Crippen LogP contribution in [-0.2, 0) is 15.5 Å². The molecule has 1 aliphatic carbocycles. The fraction of sp³-hybridized carbons (Fsp3) is 0.350. The normalized spacial score (nSPS) is 15.6. The SMILES string of the molecule is O=[P+](O)OCCc1ccc(-c2nn(C3CCCC3)c3c(F)cccc23)cc1. The number of para-hydroxylation sites is 1. The summed E-state index contributed by atoms with van der Waals surface area (Å²) in [6.07, 6.45) is 4.94. The van der Waals surface area contributed by atoms with E-state index < -0.39 is 8.25 Å². The summed E-state index contributed by atoms with van der Waals surface area (Å²) in [5.41, 5.74) is 3.31. The Morgan fingerprint density at radius 1 is 1.19 bits per heavy atom. The third-order valence-electron chi connectivity index (χ3n) is 5.17. The van der Waals surface area contributed by atoms with Crippen LogP contribution in [0.15, 0.2) is 42.5 Å². The molecular weight excluding hydrogens is 366 g/mol. The first-order valence-corrected chi connectivity index (χ1v) is 10.3. The lowest BCUT2D eigenvalue weighted by Gasteiger charge is -2.11. The van der Waals surface area contributed by atoms with E-state index in [0.29, 0.717) is 11.9 Å². The van der Waals surface area contributed by atoms with Crippen LogP contribution >= 0.6 is 8.25 Å². The van der Waals surface area contributed by atoms with E-state index in [1.54, 1.807) is 6.07 Å². The van der Waals surface area contributed by atoms with Crippen molar-refractivity contribution in [2.45, 2.75) is 38.1 Å². The number of halogens is 1. The fourth-order valence-electron chi connectivity index (χ4n) is 3.85. The number of rotatable bonds is 6. The monoisotopic (exact) mass is 387 g/mol. The van der Waals surface area contributed by atoms with E-state index in [-0.39, 0.29) is 18.5 Å². The van der Waals surface area contributed by atoms with Crippen LogP contribution in [-0.4, -0.2) is 21.3 Å². The molecule has 1 heterocycles. The molecule has 3 aromatic rings. The zero-order chi connectivity index (χ0) is 18.8. The first-order chi connectivity index (χ1) is 13.1. The van der Waals surface area contributed by atoms with E-state index >= 15 is 0 Å². The van der Waals surface area contributed by atoms with Gasteiger partial charge in [0.15, 0.2) is 0 Å². The summed E-state index contributed by atoms with van der Waals surface area (Å²) in [4.78, 5) is 8.68. The summed E-state index contributed by atoms with van der Waals surface area (Å²) >= 11 is 0. The maximum Gasteiger partial charge on any atom is 0.694 e. The summed E-state index contributed by atoms with van der Waals surface area (Å²) in [6, 6.07) is 13.2. The predicted octanol–water partition coefficient (Wildman–Crippen LogP) is 5.17. The number of aromatic nitrogens is 2. The summed E-state index contributed by atoms with van der Waals surface area (Å²) in [5.74, 6) is -0.231. The van der Waals surface area contributed by atoms with E-state index in [9.17, 15) is 8.96 Å². The molecule has 0 bridgehead atoms. The van der Waals surface area contributed by atoms with Crippen molar-refractivity contribution in [1.29, 1.82) is 0 Å². The van der Waals surface area contributed by atoms with Crippen LogP contribution in [0.25, 0.3) is 22.2 Å². The molecule has 1 aliphatic rings. The van der Waals surface area contributed by atoms with Crippen molar-refractivity contribution in [3.8, 4) is 11.3 Å². The van der Waals surface area contributed by atoms with E-state index in [1.165, 1.54) is 6.07 Å². The average molecular weight is 387 g/mol. The second kappa shape index (κ2) is 7.85. The van der Waals surface area contributed by atoms with Gasteiger partial charge in [-0.2, -0.15) is 5.10 Å². The highest BCUT2D eigenvalue weighted by Gasteiger charge is 2.24. The van der Waals surface area contributed by atoms with E-state index in [4.69, 9.17) is 14.5 Å². The van der Waals surface area contributed by atoms with Gasteiger partial charge < -0.3 is 0 Å². The smallest absolute Gasteiger partial charge is 0.258 e. The highest BCUT2D eigenvalue weighted by Crippen LogP contribution is 2.36. The Hall–Kier alpha value is -2.14. The highest BCUT2D eigenvalue weighted by molar-refractivity contribution is 7.32. The number of hydrogen-bond acceptors (Lipinski definition) is 3. The third kappa shape index (κ3) is 3.79. The van der Waals surface area contributed by atoms with Crippen LogP contribution in [0.3, 0.4) is 0 Å². The first-order valence-electron chi connectivity index (χ1n) is 9.18. The third-order valence-corrected chi connectivity index (χ3v) is 5.57. The molecule has 140 valence electrons. The van der Waals surface area contributed by atoms with E-state index in [2.05, 4.69) is 0 Å². The minimum Gasteiger partial charge on any atom is -0.258 e. The van der Waals surface area contributed by atoms with Gasteiger partial charge in [0.2, 0.25) is 0 Å². The second-order valence-electron chi connectivity index (χ2n) is 6.89. The van der Waals surface area contributed by atoms with Crippen LogP contribution in [0.1, 0.15) is 37.3 Å². The molecule has 1 atom stereocenters. The summed E-state index contributed by atoms with van der Waals surface area (Å²) in [7, 11) is -2.56. The van der Waals surface area contributed by atoms with Crippen molar-refractivity contribution >= 4 is 19.2 Å². The van der Waals surface area contributed by atoms with Gasteiger partial charge in [-0.3, -0.25) is 4.68 Å². The second-order valence-corrected chi connectivity index (χ2v) is 7.62. The minimum absolute atomic E-state index is 0.190. The molecule has 0 radical (unpaired) electrons. The average Bonchev–Trinajstić information content (AvgIpc) is 3.30. The molecule has 27 heavy (non-hydrogen) atoms. The molecule has 1 fully saturated rings. The Bertz CT molecular complexity index is 965. The molecule has 2 aromatic carbocycles. The van der Waals surface area contributed by atoms with Gasteiger partial charge in [-0.05, 0) is 24.5 Å². The zero-order valence-corrected chi connectivity index (χ0v) is 15.7. The summed E-state index contributed by atoms with van der Waals surface area (Å²) in [6.45, 7) is 0.190. The van der Waals surface area contributed by atoms with Gasteiger partial charge in [-0.25, -0.2) is 4.39 Å². The van der Waals surface area contributed by atoms with Crippen molar-refractivity contribution in [2.24, 2.45) is 0 Å². The molecule has 5 nitrogen and oxygen atoms in total. The Balaban J connectivity index is 1.67. The van der Waals surface area contributed by atoms with Gasteiger partial charge in [0.25, 0.3) is 0 Å². The van der Waals surface area contributed by atoms with Crippen LogP contribution in [0.5, 0.6) is 0 Å². The molecule has 0 aliphatic heterocycles. The van der Waals surface area contributed by atoms with E-state index in [0.717, 1.165) is 47.9 Å². The predicted molar refractivity (Wildman–Crippen MR) is 102 cm³/mol. The maximum absolute atomic E-state index is 14.6. The lowest BCUT2D eigenvalue weighted by Crippen LogP contribution is -2.07. The fourth-order valence-corrected chi connectivity index (χ4v) is 4.10. The summed E-state index contributed by atoms with van der Waals surface area (Å²) in [5, 5.41) is 5.63. The molecule has 1 N–H and O–H groups in total. The van der Waals surface area contributed by atoms with Crippen molar-refractivity contribution in [3.63, 3.8) is 0 Å². The number of hydrogen-bond donors (Lipinski definition) is 1. The van der Waals surface area contributed by atoms with Gasteiger partial charge in [0.1, 0.15) is 23.6 Å². The lowest BCUT2D eigenvalue weighted by molar-refractivity contribution is 0.285. The molecule has 0 spiro atoms. The highest BCUT2D eigenvalue weighted by atomic mass is 31.1. The van der Waals surface area contributed by atoms with E-state index in [1.807, 2.05) is 35.0 Å². The molecule has 7 heteroatoms. The molecule has 1 aromatic heterocycles. The molecular formula is C20H21FN2O3P+. The van der Waals surface area contributed by atoms with Gasteiger partial charge >= 0.3 is 8.25 Å². The lowest BCUT2D eigenvalue weighted by atomic mass is 10.0. The standard InChI is InChI=1S/C20H20FN2O3P/c21-18-7-3-6-17-19(22-23(20(17)18)16-4-1-2-5-16)15-10-8-14(9-11-15)12-13-26-27(24)25/h3,6-11,16H,1-2,4-5,12-13H2/p+1. The van der Waals surface area contributed by atoms with Gasteiger partial charge in [-0.1, -0.05) is 49.2 Å². The number of fused-ring (bicyclic) bond motifs is 1. The molecule has 1 saturated carbocycles. The largest absolute Gasteiger partial charge is 0.694 e. The van der Waals surface area contributed by atoms with Crippen molar-refractivity contribution in [2.75, 3.05) is 6.61 Å². The number of nitrogens with zero attached hydrogens (tertiary/aromatic N) is 2. The maximum atomic E-state index is 14.6. The summed E-state index contributed by atoms with van der Waals surface area (Å²) < 4.78 is 31.7. The molecule has 1 unspecified atom stereocenters. The zero-order valence-electron chi connectivity index (χ0n) is 14.8. The molecule has 0 saturated heterocycles. The molecule has 0 amide bonds. The van der Waals surface area contributed by atoms with Crippen molar-refractivity contribution in [3.05, 3.63) is 53.8 Å².